The Bertz CT molecular complexity index is 896. The van der Waals surface area contributed by atoms with Crippen molar-refractivity contribution in [2.75, 3.05) is 6.61 Å². The summed E-state index contributed by atoms with van der Waals surface area (Å²) in [6, 6.07) is 19.1. The van der Waals surface area contributed by atoms with Crippen LogP contribution < -0.4 is 16.0 Å². The molecule has 27 heavy (non-hydrogen) atoms. The molecule has 1 amide bonds. The molecule has 0 saturated carbocycles. The molecule has 2 aromatic carbocycles. The number of carbonyl (C=O) groups is 1. The van der Waals surface area contributed by atoms with E-state index in [1.165, 1.54) is 0 Å². The second kappa shape index (κ2) is 8.91. The lowest BCUT2D eigenvalue weighted by molar-refractivity contribution is 0.0943. The number of amides is 1. The first-order chi connectivity index (χ1) is 13.2. The van der Waals surface area contributed by atoms with Gasteiger partial charge in [-0.1, -0.05) is 43.7 Å². The third-order valence-corrected chi connectivity index (χ3v) is 4.05. The van der Waals surface area contributed by atoms with Crippen LogP contribution in [-0.2, 0) is 0 Å². The summed E-state index contributed by atoms with van der Waals surface area (Å²) in [5.41, 5.74) is 5.15. The Morgan fingerprint density at radius 3 is 2.22 bits per heavy atom. The van der Waals surface area contributed by atoms with Gasteiger partial charge < -0.3 is 4.74 Å². The zero-order valence-corrected chi connectivity index (χ0v) is 15.2. The molecule has 3 aromatic rings. The second-order valence-electron chi connectivity index (χ2n) is 6.03. The maximum absolute atomic E-state index is 12.0. The quantitative estimate of drug-likeness (QED) is 0.290. The molecule has 0 aliphatic rings. The molecule has 0 unspecified atom stereocenters. The van der Waals surface area contributed by atoms with Gasteiger partial charge in [0, 0.05) is 11.1 Å². The van der Waals surface area contributed by atoms with Gasteiger partial charge in [-0.05, 0) is 36.8 Å². The first-order valence-corrected chi connectivity index (χ1v) is 8.90. The highest BCUT2D eigenvalue weighted by Crippen LogP contribution is 2.25. The van der Waals surface area contributed by atoms with Gasteiger partial charge in [0.05, 0.1) is 18.0 Å². The summed E-state index contributed by atoms with van der Waals surface area (Å²) in [7, 11) is 0. The fraction of sp³-hybridized carbons (Fsp3) is 0.190. The van der Waals surface area contributed by atoms with Crippen molar-refractivity contribution >= 4 is 5.91 Å². The number of benzene rings is 2. The number of nitrogens with zero attached hydrogens (tertiary/aromatic N) is 2. The number of nitrogens with one attached hydrogen (secondary N) is 1. The average Bonchev–Trinajstić information content (AvgIpc) is 2.74. The van der Waals surface area contributed by atoms with Gasteiger partial charge in [-0.2, -0.15) is 0 Å². The smallest absolute Gasteiger partial charge is 0.302 e. The largest absolute Gasteiger partial charge is 0.494 e. The molecule has 6 nitrogen and oxygen atoms in total. The van der Waals surface area contributed by atoms with Gasteiger partial charge >= 0.3 is 5.91 Å². The number of hydrogen-bond acceptors (Lipinski definition) is 5. The van der Waals surface area contributed by atoms with Crippen LogP contribution in [0.5, 0.6) is 5.75 Å². The van der Waals surface area contributed by atoms with Crippen molar-refractivity contribution in [2.24, 2.45) is 5.84 Å². The van der Waals surface area contributed by atoms with Gasteiger partial charge in [-0.15, -0.1) is 0 Å². The summed E-state index contributed by atoms with van der Waals surface area (Å²) < 4.78 is 5.70. The highest BCUT2D eigenvalue weighted by Gasteiger charge is 2.13. The monoisotopic (exact) mass is 362 g/mol. The fourth-order valence-corrected chi connectivity index (χ4v) is 2.57. The maximum atomic E-state index is 12.0. The van der Waals surface area contributed by atoms with Crippen LogP contribution in [0.1, 0.15) is 30.4 Å². The van der Waals surface area contributed by atoms with Crippen molar-refractivity contribution in [1.29, 1.82) is 0 Å². The molecule has 0 saturated heterocycles. The van der Waals surface area contributed by atoms with E-state index in [4.69, 9.17) is 10.6 Å². The minimum absolute atomic E-state index is 0.0251. The van der Waals surface area contributed by atoms with Gasteiger partial charge in [-0.3, -0.25) is 10.2 Å². The summed E-state index contributed by atoms with van der Waals surface area (Å²) in [4.78, 5) is 20.7. The fourth-order valence-electron chi connectivity index (χ4n) is 2.57. The lowest BCUT2D eigenvalue weighted by Crippen LogP contribution is -2.31. The van der Waals surface area contributed by atoms with E-state index in [2.05, 4.69) is 22.3 Å². The second-order valence-corrected chi connectivity index (χ2v) is 6.03. The molecule has 6 heteroatoms. The van der Waals surface area contributed by atoms with Crippen LogP contribution in [0, 0.1) is 0 Å². The maximum Gasteiger partial charge on any atom is 0.302 e. The first kappa shape index (κ1) is 18.5. The van der Waals surface area contributed by atoms with Crippen LogP contribution in [0.15, 0.2) is 60.7 Å². The lowest BCUT2D eigenvalue weighted by Gasteiger charge is -2.09. The Hall–Kier alpha value is -3.25. The molecule has 0 fully saturated rings. The van der Waals surface area contributed by atoms with Crippen LogP contribution in [0.25, 0.3) is 22.5 Å². The zero-order valence-electron chi connectivity index (χ0n) is 15.2. The summed E-state index contributed by atoms with van der Waals surface area (Å²) in [6.45, 7) is 2.82. The molecule has 1 heterocycles. The molecule has 0 atom stereocenters. The van der Waals surface area contributed by atoms with Crippen LogP contribution in [0.4, 0.5) is 0 Å². The molecule has 0 aliphatic carbocycles. The summed E-state index contributed by atoms with van der Waals surface area (Å²) in [6.07, 6.45) is 2.11. The van der Waals surface area contributed by atoms with Gasteiger partial charge in [0.25, 0.3) is 0 Å². The van der Waals surface area contributed by atoms with Crippen LogP contribution in [0.2, 0.25) is 0 Å². The highest BCUT2D eigenvalue weighted by molar-refractivity contribution is 5.91. The molecule has 0 radical (unpaired) electrons. The molecular weight excluding hydrogens is 340 g/mol. The molecule has 0 bridgehead atoms. The van der Waals surface area contributed by atoms with Crippen molar-refractivity contribution in [3.05, 3.63) is 66.5 Å². The molecular formula is C21H22N4O2. The molecule has 1 aromatic heterocycles. The Balaban J connectivity index is 1.95. The lowest BCUT2D eigenvalue weighted by atomic mass is 10.1. The summed E-state index contributed by atoms with van der Waals surface area (Å²) in [5.74, 6) is 5.56. The summed E-state index contributed by atoms with van der Waals surface area (Å²) in [5, 5.41) is 0. The van der Waals surface area contributed by atoms with Crippen LogP contribution >= 0.6 is 0 Å². The van der Waals surface area contributed by atoms with E-state index < -0.39 is 5.91 Å². The third-order valence-electron chi connectivity index (χ3n) is 4.05. The number of aromatic nitrogens is 2. The van der Waals surface area contributed by atoms with Gasteiger partial charge in [0.2, 0.25) is 5.82 Å². The van der Waals surface area contributed by atoms with Crippen molar-refractivity contribution in [3.8, 4) is 28.3 Å². The number of unbranched alkanes of at least 4 members (excludes halogenated alkanes) is 1. The molecule has 3 N–H and O–H groups in total. The molecule has 3 rings (SSSR count). The van der Waals surface area contributed by atoms with Crippen LogP contribution in [0.3, 0.4) is 0 Å². The predicted molar refractivity (Wildman–Crippen MR) is 105 cm³/mol. The highest BCUT2D eigenvalue weighted by atomic mass is 16.5. The van der Waals surface area contributed by atoms with Crippen molar-refractivity contribution < 1.29 is 9.53 Å². The van der Waals surface area contributed by atoms with Crippen LogP contribution in [-0.4, -0.2) is 22.5 Å². The van der Waals surface area contributed by atoms with Gasteiger partial charge in [-0.25, -0.2) is 15.8 Å². The Morgan fingerprint density at radius 1 is 1.00 bits per heavy atom. The Kier molecular flexibility index (Phi) is 6.12. The van der Waals surface area contributed by atoms with E-state index >= 15 is 0 Å². The average molecular weight is 362 g/mol. The van der Waals surface area contributed by atoms with E-state index in [1.54, 1.807) is 0 Å². The standard InChI is InChI=1S/C21H22N4O2/c1-2-3-13-27-17-11-9-16(10-12-17)19-14-18(15-7-5-4-6-8-15)23-20(24-19)21(26)25-22/h4-12,14H,2-3,13,22H2,1H3,(H,25,26). The Labute approximate surface area is 158 Å². The number of nitrogens with two attached hydrogens (primary N) is 1. The van der Waals surface area contributed by atoms with E-state index in [1.807, 2.05) is 60.7 Å². The number of carbonyl (C=O) groups excluding carboxylic acids is 1. The first-order valence-electron chi connectivity index (χ1n) is 8.90. The minimum atomic E-state index is -0.534. The van der Waals surface area contributed by atoms with Crippen molar-refractivity contribution in [3.63, 3.8) is 0 Å². The number of hydrazine groups is 1. The molecule has 0 aliphatic heterocycles. The van der Waals surface area contributed by atoms with Crippen molar-refractivity contribution in [2.45, 2.75) is 19.8 Å². The SMILES string of the molecule is CCCCOc1ccc(-c2cc(-c3ccccc3)nc(C(=O)NN)n2)cc1. The van der Waals surface area contributed by atoms with Gasteiger partial charge in [0.15, 0.2) is 0 Å². The third kappa shape index (κ3) is 4.68. The normalized spacial score (nSPS) is 10.4. The zero-order chi connectivity index (χ0) is 19.1. The molecule has 138 valence electrons. The van der Waals surface area contributed by atoms with E-state index in [-0.39, 0.29) is 5.82 Å². The number of hydrogen-bond donors (Lipinski definition) is 2. The predicted octanol–water partition coefficient (Wildman–Crippen LogP) is 3.59. The topological polar surface area (TPSA) is 90.1 Å². The number of rotatable bonds is 7. The van der Waals surface area contributed by atoms with Crippen molar-refractivity contribution in [1.82, 2.24) is 15.4 Å². The number of ether oxygens (including phenoxy) is 1. The number of nitrogen functional groups attached to an aromatic ring is 1. The Morgan fingerprint density at radius 2 is 1.63 bits per heavy atom. The van der Waals surface area contributed by atoms with Gasteiger partial charge in [0.1, 0.15) is 5.75 Å². The van der Waals surface area contributed by atoms with E-state index in [0.29, 0.717) is 18.0 Å². The van der Waals surface area contributed by atoms with E-state index in [9.17, 15) is 4.79 Å². The minimum Gasteiger partial charge on any atom is -0.494 e. The molecule has 0 spiro atoms. The summed E-state index contributed by atoms with van der Waals surface area (Å²) >= 11 is 0. The van der Waals surface area contributed by atoms with E-state index in [0.717, 1.165) is 29.7 Å².